The van der Waals surface area contributed by atoms with Gasteiger partial charge in [-0.05, 0) is 54.4 Å². The van der Waals surface area contributed by atoms with E-state index in [1.807, 2.05) is 24.3 Å². The SMILES string of the molecule is CCCCOc1ccc(C(=O)NN=Cc2cccc(OC(=O)c3sc4ccccc4c3Cl)c2)cc1. The average molecular weight is 507 g/mol. The lowest BCUT2D eigenvalue weighted by atomic mass is 10.2. The summed E-state index contributed by atoms with van der Waals surface area (Å²) in [5.74, 6) is 0.198. The van der Waals surface area contributed by atoms with Gasteiger partial charge in [0.15, 0.2) is 0 Å². The van der Waals surface area contributed by atoms with Gasteiger partial charge in [-0.3, -0.25) is 4.79 Å². The summed E-state index contributed by atoms with van der Waals surface area (Å²) in [5, 5.41) is 5.21. The van der Waals surface area contributed by atoms with Crippen LogP contribution in [0.4, 0.5) is 0 Å². The number of carbonyl (C=O) groups excluding carboxylic acids is 2. The highest BCUT2D eigenvalue weighted by Crippen LogP contribution is 2.35. The number of esters is 1. The second kappa shape index (κ2) is 11.6. The molecule has 0 aliphatic carbocycles. The van der Waals surface area contributed by atoms with E-state index in [9.17, 15) is 9.59 Å². The Morgan fingerprint density at radius 1 is 1.03 bits per heavy atom. The number of carbonyl (C=O) groups is 2. The number of ether oxygens (including phenoxy) is 2. The normalized spacial score (nSPS) is 11.0. The van der Waals surface area contributed by atoms with Gasteiger partial charge in [-0.15, -0.1) is 11.3 Å². The lowest BCUT2D eigenvalue weighted by Gasteiger charge is -2.06. The van der Waals surface area contributed by atoms with E-state index < -0.39 is 5.97 Å². The van der Waals surface area contributed by atoms with Gasteiger partial charge in [-0.2, -0.15) is 5.10 Å². The van der Waals surface area contributed by atoms with Gasteiger partial charge in [0, 0.05) is 15.6 Å². The van der Waals surface area contributed by atoms with Crippen LogP contribution in [-0.4, -0.2) is 24.7 Å². The van der Waals surface area contributed by atoms with Crippen molar-refractivity contribution in [2.75, 3.05) is 6.61 Å². The van der Waals surface area contributed by atoms with Gasteiger partial charge >= 0.3 is 5.97 Å². The number of nitrogens with zero attached hydrogens (tertiary/aromatic N) is 1. The Morgan fingerprint density at radius 3 is 2.60 bits per heavy atom. The molecule has 6 nitrogen and oxygen atoms in total. The highest BCUT2D eigenvalue weighted by molar-refractivity contribution is 7.21. The maximum absolute atomic E-state index is 12.7. The molecule has 178 valence electrons. The molecular weight excluding hydrogens is 484 g/mol. The topological polar surface area (TPSA) is 77.0 Å². The quantitative estimate of drug-likeness (QED) is 0.0898. The third-order valence-electron chi connectivity index (χ3n) is 5.05. The number of unbranched alkanes of at least 4 members (excludes halogenated alkanes) is 1. The number of fused-ring (bicyclic) bond motifs is 1. The molecule has 0 spiro atoms. The average Bonchev–Trinajstić information content (AvgIpc) is 3.21. The van der Waals surface area contributed by atoms with E-state index in [4.69, 9.17) is 21.1 Å². The molecule has 4 rings (SSSR count). The third kappa shape index (κ3) is 6.26. The van der Waals surface area contributed by atoms with Crippen LogP contribution in [0.15, 0.2) is 77.9 Å². The van der Waals surface area contributed by atoms with Crippen LogP contribution in [0.5, 0.6) is 11.5 Å². The van der Waals surface area contributed by atoms with E-state index in [0.717, 1.165) is 28.7 Å². The van der Waals surface area contributed by atoms with Crippen LogP contribution < -0.4 is 14.9 Å². The standard InChI is InChI=1S/C27H23ClN2O4S/c1-2-3-15-33-20-13-11-19(12-14-20)26(31)30-29-17-18-7-6-8-21(16-18)34-27(32)25-24(28)22-9-4-5-10-23(22)35-25/h4-14,16-17H,2-3,15H2,1H3,(H,30,31). The van der Waals surface area contributed by atoms with Crippen LogP contribution >= 0.6 is 22.9 Å². The predicted octanol–water partition coefficient (Wildman–Crippen LogP) is 6.72. The third-order valence-corrected chi connectivity index (χ3v) is 6.71. The molecule has 0 aliphatic heterocycles. The molecule has 8 heteroatoms. The molecule has 0 saturated heterocycles. The maximum atomic E-state index is 12.7. The number of amides is 1. The summed E-state index contributed by atoms with van der Waals surface area (Å²) >= 11 is 7.66. The molecule has 0 radical (unpaired) electrons. The first-order valence-electron chi connectivity index (χ1n) is 11.1. The van der Waals surface area contributed by atoms with Crippen molar-refractivity contribution >= 4 is 51.1 Å². The van der Waals surface area contributed by atoms with Gasteiger partial charge in [0.25, 0.3) is 5.91 Å². The van der Waals surface area contributed by atoms with Crippen molar-refractivity contribution in [2.45, 2.75) is 19.8 Å². The summed E-state index contributed by atoms with van der Waals surface area (Å²) < 4.78 is 12.0. The predicted molar refractivity (Wildman–Crippen MR) is 140 cm³/mol. The Hall–Kier alpha value is -3.68. The van der Waals surface area contributed by atoms with E-state index in [-0.39, 0.29) is 5.91 Å². The molecule has 0 unspecified atom stereocenters. The maximum Gasteiger partial charge on any atom is 0.355 e. The lowest BCUT2D eigenvalue weighted by molar-refractivity contribution is 0.0740. The Bertz CT molecular complexity index is 1370. The van der Waals surface area contributed by atoms with Gasteiger partial charge in [-0.25, -0.2) is 10.2 Å². The number of rotatable bonds is 9. The van der Waals surface area contributed by atoms with Crippen molar-refractivity contribution in [3.05, 3.63) is 93.8 Å². The number of hydrogen-bond acceptors (Lipinski definition) is 6. The largest absolute Gasteiger partial charge is 0.494 e. The van der Waals surface area contributed by atoms with E-state index in [1.54, 1.807) is 48.5 Å². The van der Waals surface area contributed by atoms with Crippen molar-refractivity contribution < 1.29 is 19.1 Å². The Kier molecular flexibility index (Phi) is 8.13. The number of benzene rings is 3. The number of thiophene rings is 1. The number of hydrazone groups is 1. The van der Waals surface area contributed by atoms with Crippen molar-refractivity contribution in [3.63, 3.8) is 0 Å². The molecule has 0 saturated carbocycles. The molecule has 3 aromatic carbocycles. The molecule has 0 atom stereocenters. The zero-order chi connectivity index (χ0) is 24.6. The molecule has 1 aromatic heterocycles. The van der Waals surface area contributed by atoms with Crippen molar-refractivity contribution in [2.24, 2.45) is 5.10 Å². The van der Waals surface area contributed by atoms with Crippen LogP contribution in [0.25, 0.3) is 10.1 Å². The van der Waals surface area contributed by atoms with Gasteiger partial charge < -0.3 is 9.47 Å². The van der Waals surface area contributed by atoms with E-state index in [2.05, 4.69) is 17.5 Å². The minimum absolute atomic E-state index is 0.344. The molecular formula is C27H23ClN2O4S. The van der Waals surface area contributed by atoms with Crippen LogP contribution in [0.1, 0.15) is 45.4 Å². The summed E-state index contributed by atoms with van der Waals surface area (Å²) in [6.07, 6.45) is 3.52. The molecule has 0 bridgehead atoms. The first kappa shape index (κ1) is 24.4. The van der Waals surface area contributed by atoms with Crippen LogP contribution in [-0.2, 0) is 0 Å². The molecule has 0 fully saturated rings. The second-order valence-corrected chi connectivity index (χ2v) is 9.06. The molecule has 1 N–H and O–H groups in total. The zero-order valence-corrected chi connectivity index (χ0v) is 20.6. The summed E-state index contributed by atoms with van der Waals surface area (Å²) in [7, 11) is 0. The van der Waals surface area contributed by atoms with Gasteiger partial charge in [-0.1, -0.05) is 55.3 Å². The van der Waals surface area contributed by atoms with E-state index in [0.29, 0.717) is 33.4 Å². The minimum atomic E-state index is -0.527. The Labute approximate surface area is 212 Å². The van der Waals surface area contributed by atoms with Gasteiger partial charge in [0.1, 0.15) is 16.4 Å². The fraction of sp³-hybridized carbons (Fsp3) is 0.148. The number of halogens is 1. The molecule has 0 aliphatic rings. The zero-order valence-electron chi connectivity index (χ0n) is 19.0. The van der Waals surface area contributed by atoms with Crippen LogP contribution in [0, 0.1) is 0 Å². The van der Waals surface area contributed by atoms with Crippen molar-refractivity contribution in [3.8, 4) is 11.5 Å². The number of nitrogens with one attached hydrogen (secondary N) is 1. The first-order chi connectivity index (χ1) is 17.0. The smallest absolute Gasteiger partial charge is 0.355 e. The second-order valence-electron chi connectivity index (χ2n) is 7.63. The van der Waals surface area contributed by atoms with Gasteiger partial charge in [0.05, 0.1) is 17.8 Å². The molecule has 1 heterocycles. The van der Waals surface area contributed by atoms with Crippen molar-refractivity contribution in [1.29, 1.82) is 0 Å². The number of hydrogen-bond donors (Lipinski definition) is 1. The van der Waals surface area contributed by atoms with E-state index in [1.165, 1.54) is 17.6 Å². The van der Waals surface area contributed by atoms with Crippen molar-refractivity contribution in [1.82, 2.24) is 5.43 Å². The monoisotopic (exact) mass is 506 g/mol. The fourth-order valence-electron chi connectivity index (χ4n) is 3.22. The minimum Gasteiger partial charge on any atom is -0.494 e. The molecule has 1 amide bonds. The molecule has 4 aromatic rings. The van der Waals surface area contributed by atoms with E-state index >= 15 is 0 Å². The molecule has 35 heavy (non-hydrogen) atoms. The summed E-state index contributed by atoms with van der Waals surface area (Å²) in [5.41, 5.74) is 3.61. The fourth-order valence-corrected chi connectivity index (χ4v) is 4.61. The van der Waals surface area contributed by atoms with Gasteiger partial charge in [0.2, 0.25) is 0 Å². The van der Waals surface area contributed by atoms with Crippen LogP contribution in [0.3, 0.4) is 0 Å². The highest BCUT2D eigenvalue weighted by Gasteiger charge is 2.19. The Balaban J connectivity index is 1.35. The van der Waals surface area contributed by atoms with Crippen LogP contribution in [0.2, 0.25) is 5.02 Å². The Morgan fingerprint density at radius 2 is 1.83 bits per heavy atom. The lowest BCUT2D eigenvalue weighted by Crippen LogP contribution is -2.17. The first-order valence-corrected chi connectivity index (χ1v) is 12.3. The summed E-state index contributed by atoms with van der Waals surface area (Å²) in [4.78, 5) is 25.4. The summed E-state index contributed by atoms with van der Waals surface area (Å²) in [6, 6.07) is 21.3. The summed E-state index contributed by atoms with van der Waals surface area (Å²) in [6.45, 7) is 2.75. The highest BCUT2D eigenvalue weighted by atomic mass is 35.5.